The van der Waals surface area contributed by atoms with Crippen molar-refractivity contribution in [2.24, 2.45) is 0 Å². The molecule has 0 saturated carbocycles. The maximum absolute atomic E-state index is 12.8. The van der Waals surface area contributed by atoms with E-state index in [4.69, 9.17) is 16.3 Å². The first-order valence-corrected chi connectivity index (χ1v) is 10.1. The molecule has 32 heavy (non-hydrogen) atoms. The zero-order valence-electron chi connectivity index (χ0n) is 17.2. The second-order valence-electron chi connectivity index (χ2n) is 6.88. The van der Waals surface area contributed by atoms with Crippen LogP contribution in [-0.2, 0) is 16.1 Å². The first-order valence-electron chi connectivity index (χ1n) is 9.68. The van der Waals surface area contributed by atoms with Crippen molar-refractivity contribution < 1.29 is 19.2 Å². The Balaban J connectivity index is 1.82. The second kappa shape index (κ2) is 9.56. The highest BCUT2D eigenvalue weighted by Crippen LogP contribution is 2.27. The first-order chi connectivity index (χ1) is 15.2. The van der Waals surface area contributed by atoms with Gasteiger partial charge in [-0.1, -0.05) is 36.7 Å². The number of hydrogen-bond acceptors (Lipinski definition) is 7. The number of non-ortho nitro benzene ring substituents is 1. The number of amides is 1. The number of nitrogens with zero attached hydrogens (tertiary/aromatic N) is 3. The number of aryl methyl sites for hydroxylation is 1. The van der Waals surface area contributed by atoms with Gasteiger partial charge < -0.3 is 10.1 Å². The molecule has 0 aliphatic heterocycles. The van der Waals surface area contributed by atoms with E-state index in [9.17, 15) is 24.5 Å². The molecule has 0 fully saturated rings. The van der Waals surface area contributed by atoms with E-state index in [0.717, 1.165) is 6.07 Å². The number of nitro groups is 1. The van der Waals surface area contributed by atoms with Crippen LogP contribution < -0.4 is 10.9 Å². The Hall–Kier alpha value is -3.79. The number of aromatic nitrogens is 2. The summed E-state index contributed by atoms with van der Waals surface area (Å²) in [5.41, 5.74) is -0.503. The van der Waals surface area contributed by atoms with Crippen molar-refractivity contribution in [3.63, 3.8) is 0 Å². The van der Waals surface area contributed by atoms with Gasteiger partial charge in [-0.05, 0) is 25.5 Å². The van der Waals surface area contributed by atoms with Crippen LogP contribution >= 0.6 is 11.6 Å². The fourth-order valence-electron chi connectivity index (χ4n) is 2.97. The van der Waals surface area contributed by atoms with Gasteiger partial charge in [0.1, 0.15) is 0 Å². The van der Waals surface area contributed by atoms with Crippen LogP contribution in [0.2, 0.25) is 5.02 Å². The molecule has 10 nitrogen and oxygen atoms in total. The molecule has 1 aromatic heterocycles. The molecule has 1 atom stereocenters. The standard InChI is InChI=1S/C21H19ClN4O6/c1-3-10-25-20(28)15-7-5-4-6-14(15)18(24-25)21(29)32-12(2)19(27)23-17-9-8-13(26(30)31)11-16(17)22/h4-9,11-12H,3,10H2,1-2H3,(H,23,27). The molecular formula is C21H19ClN4O6. The van der Waals surface area contributed by atoms with Gasteiger partial charge >= 0.3 is 5.97 Å². The van der Waals surface area contributed by atoms with E-state index in [1.54, 1.807) is 24.3 Å². The van der Waals surface area contributed by atoms with E-state index in [1.165, 1.54) is 23.7 Å². The summed E-state index contributed by atoms with van der Waals surface area (Å²) in [5, 5.41) is 18.0. The highest BCUT2D eigenvalue weighted by molar-refractivity contribution is 6.34. The number of carbonyl (C=O) groups is 2. The molecule has 2 aromatic carbocycles. The maximum atomic E-state index is 12.8. The Morgan fingerprint density at radius 2 is 1.94 bits per heavy atom. The van der Waals surface area contributed by atoms with Crippen molar-refractivity contribution in [3.8, 4) is 0 Å². The average molecular weight is 459 g/mol. The Bertz CT molecular complexity index is 1270. The minimum Gasteiger partial charge on any atom is -0.448 e. The Kier molecular flexibility index (Phi) is 6.84. The Morgan fingerprint density at radius 1 is 1.25 bits per heavy atom. The lowest BCUT2D eigenvalue weighted by Crippen LogP contribution is -2.32. The molecule has 1 amide bonds. The minimum absolute atomic E-state index is 0.0367. The number of nitrogens with one attached hydrogen (secondary N) is 1. The third-order valence-corrected chi connectivity index (χ3v) is 4.88. The van der Waals surface area contributed by atoms with E-state index < -0.39 is 22.9 Å². The highest BCUT2D eigenvalue weighted by Gasteiger charge is 2.24. The lowest BCUT2D eigenvalue weighted by molar-refractivity contribution is -0.384. The molecule has 0 bridgehead atoms. The normalized spacial score (nSPS) is 11.7. The van der Waals surface area contributed by atoms with Gasteiger partial charge in [-0.25, -0.2) is 9.48 Å². The first kappa shape index (κ1) is 22.9. The summed E-state index contributed by atoms with van der Waals surface area (Å²) in [4.78, 5) is 48.0. The van der Waals surface area contributed by atoms with Gasteiger partial charge in [-0.3, -0.25) is 19.7 Å². The lowest BCUT2D eigenvalue weighted by Gasteiger charge is -2.15. The van der Waals surface area contributed by atoms with Gasteiger partial charge in [0.15, 0.2) is 11.8 Å². The van der Waals surface area contributed by atoms with Gasteiger partial charge in [0.25, 0.3) is 17.2 Å². The lowest BCUT2D eigenvalue weighted by atomic mass is 10.1. The summed E-state index contributed by atoms with van der Waals surface area (Å²) in [6.07, 6.45) is -0.602. The molecular weight excluding hydrogens is 440 g/mol. The predicted octanol–water partition coefficient (Wildman–Crippen LogP) is 3.55. The van der Waals surface area contributed by atoms with Crippen LogP contribution in [0.15, 0.2) is 47.3 Å². The van der Waals surface area contributed by atoms with Crippen LogP contribution in [0, 0.1) is 10.1 Å². The number of anilines is 1. The number of rotatable bonds is 7. The predicted molar refractivity (Wildman–Crippen MR) is 118 cm³/mol. The molecule has 0 radical (unpaired) electrons. The van der Waals surface area contributed by atoms with Gasteiger partial charge in [0, 0.05) is 24.1 Å². The number of ether oxygens (including phenoxy) is 1. The summed E-state index contributed by atoms with van der Waals surface area (Å²) in [7, 11) is 0. The molecule has 3 aromatic rings. The third kappa shape index (κ3) is 4.75. The number of fused-ring (bicyclic) bond motifs is 1. The molecule has 166 valence electrons. The molecule has 1 heterocycles. The van der Waals surface area contributed by atoms with Crippen LogP contribution in [0.3, 0.4) is 0 Å². The van der Waals surface area contributed by atoms with Crippen LogP contribution in [0.25, 0.3) is 10.8 Å². The molecule has 11 heteroatoms. The molecule has 0 aliphatic carbocycles. The number of carbonyl (C=O) groups excluding carboxylic acids is 2. The van der Waals surface area contributed by atoms with Crippen molar-refractivity contribution in [2.75, 3.05) is 5.32 Å². The molecule has 0 aliphatic rings. The van der Waals surface area contributed by atoms with Crippen molar-refractivity contribution in [2.45, 2.75) is 32.9 Å². The summed E-state index contributed by atoms with van der Waals surface area (Å²) < 4.78 is 6.47. The second-order valence-corrected chi connectivity index (χ2v) is 7.29. The van der Waals surface area contributed by atoms with E-state index in [-0.39, 0.29) is 27.7 Å². The summed E-state index contributed by atoms with van der Waals surface area (Å²) >= 11 is 5.98. The Labute approximate surface area is 186 Å². The zero-order chi connectivity index (χ0) is 23.4. The van der Waals surface area contributed by atoms with Crippen molar-refractivity contribution >= 4 is 45.6 Å². The van der Waals surface area contributed by atoms with E-state index in [0.29, 0.717) is 23.7 Å². The number of nitro benzene ring substituents is 1. The minimum atomic E-state index is -1.24. The van der Waals surface area contributed by atoms with Crippen LogP contribution in [0.1, 0.15) is 30.8 Å². The quantitative estimate of drug-likeness (QED) is 0.325. The van der Waals surface area contributed by atoms with Gasteiger partial charge in [0.2, 0.25) is 0 Å². The molecule has 0 saturated heterocycles. The topological polar surface area (TPSA) is 133 Å². The Morgan fingerprint density at radius 3 is 2.56 bits per heavy atom. The fraction of sp³-hybridized carbons (Fsp3) is 0.238. The van der Waals surface area contributed by atoms with Gasteiger partial charge in [-0.15, -0.1) is 0 Å². The summed E-state index contributed by atoms with van der Waals surface area (Å²) in [5.74, 6) is -1.57. The summed E-state index contributed by atoms with van der Waals surface area (Å²) in [6.45, 7) is 3.55. The number of esters is 1. The zero-order valence-corrected chi connectivity index (χ0v) is 18.0. The largest absolute Gasteiger partial charge is 0.448 e. The number of hydrogen-bond donors (Lipinski definition) is 1. The number of benzene rings is 2. The average Bonchev–Trinajstić information content (AvgIpc) is 2.76. The van der Waals surface area contributed by atoms with Crippen molar-refractivity contribution in [1.82, 2.24) is 9.78 Å². The van der Waals surface area contributed by atoms with Crippen LogP contribution in [0.4, 0.5) is 11.4 Å². The highest BCUT2D eigenvalue weighted by atomic mass is 35.5. The van der Waals surface area contributed by atoms with Crippen molar-refractivity contribution in [3.05, 3.63) is 73.6 Å². The monoisotopic (exact) mass is 458 g/mol. The molecule has 0 spiro atoms. The van der Waals surface area contributed by atoms with Crippen LogP contribution in [0.5, 0.6) is 0 Å². The smallest absolute Gasteiger partial charge is 0.360 e. The molecule has 1 unspecified atom stereocenters. The molecule has 3 rings (SSSR count). The van der Waals surface area contributed by atoms with E-state index in [2.05, 4.69) is 10.4 Å². The molecule has 1 N–H and O–H groups in total. The van der Waals surface area contributed by atoms with Gasteiger partial charge in [-0.2, -0.15) is 5.10 Å². The van der Waals surface area contributed by atoms with E-state index >= 15 is 0 Å². The SMILES string of the molecule is CCCn1nc(C(=O)OC(C)C(=O)Nc2ccc([N+](=O)[O-])cc2Cl)c2ccccc2c1=O. The maximum Gasteiger partial charge on any atom is 0.360 e. The third-order valence-electron chi connectivity index (χ3n) is 4.57. The van der Waals surface area contributed by atoms with Gasteiger partial charge in [0.05, 0.1) is 21.0 Å². The fourth-order valence-corrected chi connectivity index (χ4v) is 3.19. The van der Waals surface area contributed by atoms with E-state index in [1.807, 2.05) is 6.92 Å². The summed E-state index contributed by atoms with van der Waals surface area (Å²) in [6, 6.07) is 10.1. The van der Waals surface area contributed by atoms with Crippen LogP contribution in [-0.4, -0.2) is 32.7 Å². The van der Waals surface area contributed by atoms with Crippen molar-refractivity contribution in [1.29, 1.82) is 0 Å². The number of halogens is 1.